The summed E-state index contributed by atoms with van der Waals surface area (Å²) in [5, 5.41) is 12.4. The molecule has 0 fully saturated rings. The first-order valence-corrected chi connectivity index (χ1v) is 6.50. The average Bonchev–Trinajstić information content (AvgIpc) is 2.25. The molecule has 3 atom stereocenters. The third kappa shape index (κ3) is 7.80. The second kappa shape index (κ2) is 9.17. The summed E-state index contributed by atoms with van der Waals surface area (Å²) in [5.74, 6) is 0.812. The first kappa shape index (κ1) is 14.9. The smallest absolute Gasteiger partial charge is 0.0431 e. The molecule has 0 aliphatic carbocycles. The summed E-state index contributed by atoms with van der Waals surface area (Å²) in [5.41, 5.74) is 0. The molecule has 0 saturated carbocycles. The largest absolute Gasteiger partial charge is 0.396 e. The van der Waals surface area contributed by atoms with Crippen LogP contribution in [0.15, 0.2) is 0 Å². The summed E-state index contributed by atoms with van der Waals surface area (Å²) in [6, 6.07) is 1.18. The molecule has 15 heavy (non-hydrogen) atoms. The number of nitrogens with one attached hydrogen (secondary N) is 1. The lowest BCUT2D eigenvalue weighted by Gasteiger charge is -2.24. The molecule has 0 saturated heterocycles. The molecule has 0 aliphatic rings. The van der Waals surface area contributed by atoms with Crippen molar-refractivity contribution in [1.82, 2.24) is 5.32 Å². The van der Waals surface area contributed by atoms with Crippen molar-refractivity contribution in [1.29, 1.82) is 0 Å². The monoisotopic (exact) mass is 215 g/mol. The Morgan fingerprint density at radius 1 is 1.13 bits per heavy atom. The van der Waals surface area contributed by atoms with Crippen molar-refractivity contribution in [2.24, 2.45) is 5.92 Å². The fourth-order valence-corrected chi connectivity index (χ4v) is 1.89. The van der Waals surface area contributed by atoms with E-state index in [1.807, 2.05) is 0 Å². The summed E-state index contributed by atoms with van der Waals surface area (Å²) >= 11 is 0. The standard InChI is InChI=1S/C13H29NO/c1-5-11(3)10-13(6-2)14-12(4)8-7-9-15/h11-15H,5-10H2,1-4H3/t11-,12-,13-/m0/s1. The maximum absolute atomic E-state index is 8.76. The van der Waals surface area contributed by atoms with Crippen molar-refractivity contribution >= 4 is 0 Å². The van der Waals surface area contributed by atoms with Crippen LogP contribution in [0.3, 0.4) is 0 Å². The predicted molar refractivity (Wildman–Crippen MR) is 67.1 cm³/mol. The Labute approximate surface area is 95.5 Å². The van der Waals surface area contributed by atoms with E-state index in [1.54, 1.807) is 0 Å². The molecule has 0 heterocycles. The van der Waals surface area contributed by atoms with E-state index in [4.69, 9.17) is 5.11 Å². The van der Waals surface area contributed by atoms with Gasteiger partial charge in [-0.2, -0.15) is 0 Å². The van der Waals surface area contributed by atoms with Crippen LogP contribution in [0.25, 0.3) is 0 Å². The molecule has 0 radical (unpaired) electrons. The Bertz CT molecular complexity index is 138. The quantitative estimate of drug-likeness (QED) is 0.620. The van der Waals surface area contributed by atoms with Gasteiger partial charge in [0.1, 0.15) is 0 Å². The van der Waals surface area contributed by atoms with Crippen molar-refractivity contribution in [3.05, 3.63) is 0 Å². The fourth-order valence-electron chi connectivity index (χ4n) is 1.89. The zero-order chi connectivity index (χ0) is 11.7. The predicted octanol–water partition coefficient (Wildman–Crippen LogP) is 2.95. The number of hydrogen-bond acceptors (Lipinski definition) is 2. The highest BCUT2D eigenvalue weighted by molar-refractivity contribution is 4.72. The van der Waals surface area contributed by atoms with Crippen LogP contribution >= 0.6 is 0 Å². The minimum absolute atomic E-state index is 0.314. The van der Waals surface area contributed by atoms with Gasteiger partial charge in [0, 0.05) is 18.7 Å². The van der Waals surface area contributed by atoms with Gasteiger partial charge in [-0.1, -0.05) is 27.2 Å². The maximum atomic E-state index is 8.76. The van der Waals surface area contributed by atoms with Crippen molar-refractivity contribution < 1.29 is 5.11 Å². The maximum Gasteiger partial charge on any atom is 0.0431 e. The minimum atomic E-state index is 0.314. The lowest BCUT2D eigenvalue weighted by molar-refractivity contribution is 0.269. The molecule has 0 aromatic rings. The molecular weight excluding hydrogens is 186 g/mol. The van der Waals surface area contributed by atoms with Gasteiger partial charge in [0.25, 0.3) is 0 Å². The molecule has 2 heteroatoms. The molecular formula is C13H29NO. The highest BCUT2D eigenvalue weighted by Gasteiger charge is 2.12. The van der Waals surface area contributed by atoms with Crippen LogP contribution < -0.4 is 5.32 Å². The molecule has 0 rings (SSSR count). The number of aliphatic hydroxyl groups excluding tert-OH is 1. The van der Waals surface area contributed by atoms with E-state index in [9.17, 15) is 0 Å². The Morgan fingerprint density at radius 3 is 2.27 bits per heavy atom. The van der Waals surface area contributed by atoms with Gasteiger partial charge in [-0.3, -0.25) is 0 Å². The van der Waals surface area contributed by atoms with Crippen molar-refractivity contribution in [2.45, 2.75) is 71.9 Å². The summed E-state index contributed by atoms with van der Waals surface area (Å²) in [7, 11) is 0. The van der Waals surface area contributed by atoms with E-state index in [0.29, 0.717) is 18.7 Å². The van der Waals surface area contributed by atoms with Crippen LogP contribution in [0.2, 0.25) is 0 Å². The molecule has 0 unspecified atom stereocenters. The highest BCUT2D eigenvalue weighted by atomic mass is 16.2. The normalized spacial score (nSPS) is 17.4. The first-order valence-electron chi connectivity index (χ1n) is 6.50. The highest BCUT2D eigenvalue weighted by Crippen LogP contribution is 2.13. The first-order chi connectivity index (χ1) is 7.13. The summed E-state index contributed by atoms with van der Waals surface area (Å²) in [6.45, 7) is 9.36. The molecule has 2 N–H and O–H groups in total. The van der Waals surface area contributed by atoms with E-state index in [1.165, 1.54) is 19.3 Å². The van der Waals surface area contributed by atoms with Gasteiger partial charge >= 0.3 is 0 Å². The van der Waals surface area contributed by atoms with Gasteiger partial charge in [-0.25, -0.2) is 0 Å². The second-order valence-electron chi connectivity index (χ2n) is 4.79. The molecule has 0 amide bonds. The van der Waals surface area contributed by atoms with Crippen LogP contribution in [0.1, 0.15) is 59.8 Å². The second-order valence-corrected chi connectivity index (χ2v) is 4.79. The molecule has 0 spiro atoms. The summed E-state index contributed by atoms with van der Waals surface area (Å²) in [6.07, 6.45) is 5.73. The lowest BCUT2D eigenvalue weighted by atomic mass is 9.97. The van der Waals surface area contributed by atoms with Gasteiger partial charge < -0.3 is 10.4 Å². The minimum Gasteiger partial charge on any atom is -0.396 e. The zero-order valence-electron chi connectivity index (χ0n) is 10.9. The Morgan fingerprint density at radius 2 is 1.80 bits per heavy atom. The van der Waals surface area contributed by atoms with E-state index in [-0.39, 0.29) is 0 Å². The molecule has 0 aromatic carbocycles. The Hall–Kier alpha value is -0.0800. The van der Waals surface area contributed by atoms with Crippen LogP contribution in [0, 0.1) is 5.92 Å². The average molecular weight is 215 g/mol. The van der Waals surface area contributed by atoms with Gasteiger partial charge in [-0.05, 0) is 38.5 Å². The molecule has 92 valence electrons. The topological polar surface area (TPSA) is 32.3 Å². The van der Waals surface area contributed by atoms with Crippen molar-refractivity contribution in [2.75, 3.05) is 6.61 Å². The SMILES string of the molecule is CC[C@H](C)C[C@H](CC)N[C@@H](C)CCCO. The van der Waals surface area contributed by atoms with E-state index >= 15 is 0 Å². The molecule has 0 bridgehead atoms. The number of hydrogen-bond donors (Lipinski definition) is 2. The molecule has 0 aromatic heterocycles. The number of aliphatic hydroxyl groups is 1. The van der Waals surface area contributed by atoms with Crippen molar-refractivity contribution in [3.63, 3.8) is 0 Å². The fraction of sp³-hybridized carbons (Fsp3) is 1.00. The summed E-state index contributed by atoms with van der Waals surface area (Å²) in [4.78, 5) is 0. The summed E-state index contributed by atoms with van der Waals surface area (Å²) < 4.78 is 0. The third-order valence-electron chi connectivity index (χ3n) is 3.19. The van der Waals surface area contributed by atoms with Gasteiger partial charge in [-0.15, -0.1) is 0 Å². The van der Waals surface area contributed by atoms with Gasteiger partial charge in [0.2, 0.25) is 0 Å². The third-order valence-corrected chi connectivity index (χ3v) is 3.19. The van der Waals surface area contributed by atoms with Crippen LogP contribution in [0.5, 0.6) is 0 Å². The van der Waals surface area contributed by atoms with Crippen LogP contribution in [0.4, 0.5) is 0 Å². The lowest BCUT2D eigenvalue weighted by Crippen LogP contribution is -2.37. The zero-order valence-corrected chi connectivity index (χ0v) is 10.9. The molecule has 2 nitrogen and oxygen atoms in total. The van der Waals surface area contributed by atoms with E-state index in [0.717, 1.165) is 18.8 Å². The van der Waals surface area contributed by atoms with Gasteiger partial charge in [0.05, 0.1) is 0 Å². The van der Waals surface area contributed by atoms with E-state index in [2.05, 4.69) is 33.0 Å². The van der Waals surface area contributed by atoms with Gasteiger partial charge in [0.15, 0.2) is 0 Å². The Kier molecular flexibility index (Phi) is 9.12. The van der Waals surface area contributed by atoms with Crippen LogP contribution in [-0.2, 0) is 0 Å². The van der Waals surface area contributed by atoms with Crippen molar-refractivity contribution in [3.8, 4) is 0 Å². The van der Waals surface area contributed by atoms with E-state index < -0.39 is 0 Å². The Balaban J connectivity index is 3.76. The number of rotatable bonds is 9. The van der Waals surface area contributed by atoms with Crippen LogP contribution in [-0.4, -0.2) is 23.8 Å². The molecule has 0 aliphatic heterocycles.